The third kappa shape index (κ3) is 10.1. The number of hydrogen-bond acceptors (Lipinski definition) is 3. The van der Waals surface area contributed by atoms with E-state index in [1.165, 1.54) is 12.5 Å². The average Bonchev–Trinajstić information content (AvgIpc) is 2.80. The Hall–Kier alpha value is -4.01. The zero-order valence-corrected chi connectivity index (χ0v) is 20.6. The van der Waals surface area contributed by atoms with E-state index < -0.39 is 46.7 Å². The normalized spacial score (nSPS) is 11.4. The van der Waals surface area contributed by atoms with Crippen molar-refractivity contribution in [3.8, 4) is 5.75 Å². The van der Waals surface area contributed by atoms with Crippen LogP contribution in [0.3, 0.4) is 0 Å². The van der Waals surface area contributed by atoms with Crippen molar-refractivity contribution in [3.05, 3.63) is 95.8 Å². The van der Waals surface area contributed by atoms with Crippen LogP contribution in [0.2, 0.25) is 0 Å². The third-order valence-corrected chi connectivity index (χ3v) is 4.48. The van der Waals surface area contributed by atoms with Crippen molar-refractivity contribution in [1.29, 1.82) is 0 Å². The largest absolute Gasteiger partial charge is 0.489 e. The van der Waals surface area contributed by atoms with Crippen molar-refractivity contribution in [2.45, 2.75) is 45.9 Å². The number of halogens is 3. The summed E-state index contributed by atoms with van der Waals surface area (Å²) in [7, 11) is 0. The number of nitrogens with one attached hydrogen (secondary N) is 3. The zero-order valence-electron chi connectivity index (χ0n) is 20.6. The molecule has 3 N–H and O–H groups in total. The molecule has 3 rings (SSSR count). The highest BCUT2D eigenvalue weighted by Gasteiger charge is 2.21. The second-order valence-electron chi connectivity index (χ2n) is 8.89. The summed E-state index contributed by atoms with van der Waals surface area (Å²) in [5.41, 5.74) is -0.0808. The van der Waals surface area contributed by atoms with E-state index in [0.29, 0.717) is 18.7 Å². The molecule has 0 saturated carbocycles. The standard InChI is InChI=1S/C14H18F3N3O2.C13H12O/c1-7(18-13(22)20-14(2,3)4)12(21)19-11-9(16)5-8(15)6-10(11)17;1-3-7-12(8-4-1)11-14-13-9-5-2-6-10-13/h5-7H,1-4H3,(H,19,21)(H2,18,20,22);1-10H,11H2/t7-;/m0./s1. The predicted molar refractivity (Wildman–Crippen MR) is 133 cm³/mol. The van der Waals surface area contributed by atoms with E-state index in [9.17, 15) is 22.8 Å². The molecular weight excluding hydrogens is 471 g/mol. The number of carbonyl (C=O) groups is 2. The van der Waals surface area contributed by atoms with Crippen LogP contribution < -0.4 is 20.7 Å². The minimum Gasteiger partial charge on any atom is -0.489 e. The van der Waals surface area contributed by atoms with Gasteiger partial charge >= 0.3 is 6.03 Å². The highest BCUT2D eigenvalue weighted by atomic mass is 19.1. The van der Waals surface area contributed by atoms with Gasteiger partial charge in [0.2, 0.25) is 5.91 Å². The van der Waals surface area contributed by atoms with Crippen molar-refractivity contribution in [1.82, 2.24) is 10.6 Å². The first-order chi connectivity index (χ1) is 16.9. The molecule has 6 nitrogen and oxygen atoms in total. The Morgan fingerprint density at radius 3 is 1.94 bits per heavy atom. The molecule has 1 atom stereocenters. The molecule has 0 spiro atoms. The fourth-order valence-corrected chi connectivity index (χ4v) is 2.79. The van der Waals surface area contributed by atoms with Crippen molar-refractivity contribution in [2.24, 2.45) is 0 Å². The van der Waals surface area contributed by atoms with Gasteiger partial charge in [-0.1, -0.05) is 48.5 Å². The molecule has 3 amide bonds. The maximum atomic E-state index is 13.4. The van der Waals surface area contributed by atoms with Crippen LogP contribution in [0, 0.1) is 17.5 Å². The Balaban J connectivity index is 0.000000278. The van der Waals surface area contributed by atoms with Crippen LogP contribution >= 0.6 is 0 Å². The minimum atomic E-state index is -1.24. The van der Waals surface area contributed by atoms with Crippen LogP contribution in [0.5, 0.6) is 5.75 Å². The summed E-state index contributed by atoms with van der Waals surface area (Å²) in [4.78, 5) is 23.4. The summed E-state index contributed by atoms with van der Waals surface area (Å²) in [6.45, 7) is 7.23. The van der Waals surface area contributed by atoms with Gasteiger partial charge in [-0.15, -0.1) is 0 Å². The lowest BCUT2D eigenvalue weighted by molar-refractivity contribution is -0.117. The second kappa shape index (κ2) is 13.2. The van der Waals surface area contributed by atoms with Gasteiger partial charge in [0.1, 0.15) is 29.9 Å². The van der Waals surface area contributed by atoms with Gasteiger partial charge in [0.05, 0.1) is 0 Å². The highest BCUT2D eigenvalue weighted by molar-refractivity contribution is 5.96. The van der Waals surface area contributed by atoms with Crippen molar-refractivity contribution < 1.29 is 27.5 Å². The summed E-state index contributed by atoms with van der Waals surface area (Å²) < 4.78 is 45.2. The molecule has 3 aromatic rings. The summed E-state index contributed by atoms with van der Waals surface area (Å²) in [5.74, 6) is -3.50. The van der Waals surface area contributed by atoms with Gasteiger partial charge in [-0.25, -0.2) is 18.0 Å². The van der Waals surface area contributed by atoms with E-state index in [4.69, 9.17) is 4.74 Å². The molecule has 0 heterocycles. The van der Waals surface area contributed by atoms with E-state index in [-0.39, 0.29) is 0 Å². The molecule has 0 aliphatic carbocycles. The van der Waals surface area contributed by atoms with Gasteiger partial charge in [-0.05, 0) is 45.4 Å². The Kier molecular flexibility index (Phi) is 10.3. The number of carbonyl (C=O) groups excluding carboxylic acids is 2. The molecule has 0 radical (unpaired) electrons. The zero-order chi connectivity index (χ0) is 26.7. The lowest BCUT2D eigenvalue weighted by Gasteiger charge is -2.22. The Labute approximate surface area is 208 Å². The van der Waals surface area contributed by atoms with E-state index in [1.807, 2.05) is 53.8 Å². The first-order valence-corrected chi connectivity index (χ1v) is 11.2. The lowest BCUT2D eigenvalue weighted by atomic mass is 10.1. The molecule has 0 unspecified atom stereocenters. The summed E-state index contributed by atoms with van der Waals surface area (Å²) in [5, 5.41) is 6.87. The van der Waals surface area contributed by atoms with Crippen LogP contribution in [0.15, 0.2) is 72.8 Å². The Bertz CT molecular complexity index is 1070. The van der Waals surface area contributed by atoms with E-state index in [0.717, 1.165) is 5.75 Å². The van der Waals surface area contributed by atoms with Gasteiger partial charge in [-0.3, -0.25) is 4.79 Å². The first kappa shape index (κ1) is 28.2. The average molecular weight is 502 g/mol. The molecule has 0 aliphatic rings. The molecule has 0 aliphatic heterocycles. The van der Waals surface area contributed by atoms with Gasteiger partial charge in [0, 0.05) is 17.7 Å². The Morgan fingerprint density at radius 2 is 1.42 bits per heavy atom. The number of hydrogen-bond donors (Lipinski definition) is 3. The van der Waals surface area contributed by atoms with Gasteiger partial charge < -0.3 is 20.7 Å². The molecule has 0 aromatic heterocycles. The van der Waals surface area contributed by atoms with Crippen LogP contribution in [0.1, 0.15) is 33.3 Å². The first-order valence-electron chi connectivity index (χ1n) is 11.2. The van der Waals surface area contributed by atoms with Crippen LogP contribution in [-0.2, 0) is 11.4 Å². The molecule has 0 saturated heterocycles. The van der Waals surface area contributed by atoms with Crippen LogP contribution in [0.4, 0.5) is 23.7 Å². The maximum Gasteiger partial charge on any atom is 0.315 e. The Morgan fingerprint density at radius 1 is 0.889 bits per heavy atom. The molecule has 0 bridgehead atoms. The second-order valence-corrected chi connectivity index (χ2v) is 8.89. The third-order valence-electron chi connectivity index (χ3n) is 4.48. The van der Waals surface area contributed by atoms with E-state index in [1.54, 1.807) is 20.8 Å². The number of rotatable bonds is 6. The quantitative estimate of drug-likeness (QED) is 0.400. The number of amides is 3. The summed E-state index contributed by atoms with van der Waals surface area (Å²) >= 11 is 0. The van der Waals surface area contributed by atoms with Gasteiger partial charge in [-0.2, -0.15) is 0 Å². The molecule has 3 aromatic carbocycles. The summed E-state index contributed by atoms with van der Waals surface area (Å²) in [6.07, 6.45) is 0. The van der Waals surface area contributed by atoms with E-state index >= 15 is 0 Å². The number of para-hydroxylation sites is 1. The van der Waals surface area contributed by atoms with Crippen LogP contribution in [0.25, 0.3) is 0 Å². The highest BCUT2D eigenvalue weighted by Crippen LogP contribution is 2.20. The van der Waals surface area contributed by atoms with Crippen molar-refractivity contribution >= 4 is 17.6 Å². The predicted octanol–water partition coefficient (Wildman–Crippen LogP) is 5.79. The number of anilines is 1. The number of benzene rings is 3. The smallest absolute Gasteiger partial charge is 0.315 e. The van der Waals surface area contributed by atoms with Crippen LogP contribution in [-0.4, -0.2) is 23.5 Å². The fraction of sp³-hybridized carbons (Fsp3) is 0.259. The SMILES string of the molecule is C[C@H](NC(=O)NC(C)(C)C)C(=O)Nc1c(F)cc(F)cc1F.c1ccc(COc2ccccc2)cc1. The monoisotopic (exact) mass is 501 g/mol. The van der Waals surface area contributed by atoms with Crippen molar-refractivity contribution in [3.63, 3.8) is 0 Å². The summed E-state index contributed by atoms with van der Waals surface area (Å²) in [6, 6.07) is 19.3. The van der Waals surface area contributed by atoms with Gasteiger partial charge in [0.15, 0.2) is 11.6 Å². The molecule has 36 heavy (non-hydrogen) atoms. The van der Waals surface area contributed by atoms with E-state index in [2.05, 4.69) is 22.8 Å². The molecule has 9 heteroatoms. The molecule has 0 fully saturated rings. The maximum absolute atomic E-state index is 13.4. The topological polar surface area (TPSA) is 79.5 Å². The minimum absolute atomic E-state index is 0.448. The van der Waals surface area contributed by atoms with Gasteiger partial charge in [0.25, 0.3) is 0 Å². The lowest BCUT2D eigenvalue weighted by Crippen LogP contribution is -2.51. The number of urea groups is 1. The molecule has 192 valence electrons. The fourth-order valence-electron chi connectivity index (χ4n) is 2.79. The van der Waals surface area contributed by atoms with Crippen molar-refractivity contribution in [2.75, 3.05) is 5.32 Å². The molecular formula is C27H30F3N3O3. The number of ether oxygens (including phenoxy) is 1.